The highest BCUT2D eigenvalue weighted by atomic mass is 19.1. The van der Waals surface area contributed by atoms with Crippen LogP contribution in [-0.4, -0.2) is 4.98 Å². The summed E-state index contributed by atoms with van der Waals surface area (Å²) in [6.45, 7) is 14.1. The molecular formula is C25H31F2NO. The molecule has 0 fully saturated rings. The van der Waals surface area contributed by atoms with Gasteiger partial charge in [-0.3, -0.25) is 4.98 Å². The Labute approximate surface area is 172 Å². The first-order chi connectivity index (χ1) is 13.6. The summed E-state index contributed by atoms with van der Waals surface area (Å²) >= 11 is 0. The Morgan fingerprint density at radius 1 is 0.897 bits per heavy atom. The van der Waals surface area contributed by atoms with Crippen molar-refractivity contribution in [3.63, 3.8) is 0 Å². The van der Waals surface area contributed by atoms with Gasteiger partial charge in [-0.05, 0) is 53.1 Å². The van der Waals surface area contributed by atoms with E-state index in [1.807, 2.05) is 46.8 Å². The zero-order valence-corrected chi connectivity index (χ0v) is 18.4. The van der Waals surface area contributed by atoms with Crippen molar-refractivity contribution in [3.8, 4) is 0 Å². The molecule has 0 bridgehead atoms. The van der Waals surface area contributed by atoms with Crippen LogP contribution in [0.2, 0.25) is 0 Å². The first-order valence-electron chi connectivity index (χ1n) is 10.5. The summed E-state index contributed by atoms with van der Waals surface area (Å²) in [6.07, 6.45) is 0.582. The fourth-order valence-corrected chi connectivity index (χ4v) is 3.95. The number of halogens is 2. The van der Waals surface area contributed by atoms with Gasteiger partial charge in [-0.15, -0.1) is 0 Å². The molecule has 29 heavy (non-hydrogen) atoms. The van der Waals surface area contributed by atoms with E-state index in [-0.39, 0.29) is 35.3 Å². The Morgan fingerprint density at radius 3 is 2.17 bits per heavy atom. The molecule has 0 radical (unpaired) electrons. The maximum atomic E-state index is 15.3. The summed E-state index contributed by atoms with van der Waals surface area (Å²) in [7, 11) is 0. The maximum Gasteiger partial charge on any atom is 0.144 e. The van der Waals surface area contributed by atoms with Gasteiger partial charge in [-0.1, -0.05) is 48.5 Å². The van der Waals surface area contributed by atoms with Crippen molar-refractivity contribution in [1.29, 1.82) is 0 Å². The summed E-state index contributed by atoms with van der Waals surface area (Å²) in [5, 5.41) is 0.537. The molecule has 0 saturated carbocycles. The van der Waals surface area contributed by atoms with Gasteiger partial charge in [0.1, 0.15) is 23.0 Å². The van der Waals surface area contributed by atoms with Crippen molar-refractivity contribution in [2.75, 3.05) is 0 Å². The first-order valence-corrected chi connectivity index (χ1v) is 10.5. The van der Waals surface area contributed by atoms with Crippen LogP contribution in [0.3, 0.4) is 0 Å². The molecule has 0 aliphatic rings. The standard InChI is InChI=1S/C25H31F2NO/c1-13(2)18-12-22-19(24(27)23(18)14(3)4)11-17(29-22)10-16(7)21-9-8-20(26)25(28-21)15(5)6/h8-9,11-16H,10H2,1-7H3. The highest BCUT2D eigenvalue weighted by Gasteiger charge is 2.22. The minimum absolute atomic E-state index is 0.0198. The summed E-state index contributed by atoms with van der Waals surface area (Å²) in [6, 6.07) is 7.00. The molecular weight excluding hydrogens is 368 g/mol. The van der Waals surface area contributed by atoms with Crippen molar-refractivity contribution < 1.29 is 13.2 Å². The van der Waals surface area contributed by atoms with Crippen LogP contribution in [0, 0.1) is 11.6 Å². The van der Waals surface area contributed by atoms with E-state index in [9.17, 15) is 4.39 Å². The van der Waals surface area contributed by atoms with E-state index in [0.29, 0.717) is 23.1 Å². The third kappa shape index (κ3) is 4.22. The summed E-state index contributed by atoms with van der Waals surface area (Å²) < 4.78 is 35.3. The highest BCUT2D eigenvalue weighted by molar-refractivity contribution is 5.81. The van der Waals surface area contributed by atoms with E-state index in [1.165, 1.54) is 6.07 Å². The zero-order valence-electron chi connectivity index (χ0n) is 18.4. The molecule has 1 atom stereocenters. The van der Waals surface area contributed by atoms with Gasteiger partial charge < -0.3 is 4.42 Å². The van der Waals surface area contributed by atoms with E-state index in [0.717, 1.165) is 22.6 Å². The number of fused-ring (bicyclic) bond motifs is 1. The van der Waals surface area contributed by atoms with E-state index >= 15 is 4.39 Å². The lowest BCUT2D eigenvalue weighted by atomic mass is 9.89. The molecule has 0 N–H and O–H groups in total. The molecule has 2 heterocycles. The number of hydrogen-bond donors (Lipinski definition) is 0. The molecule has 0 aliphatic carbocycles. The summed E-state index contributed by atoms with van der Waals surface area (Å²) in [4.78, 5) is 4.52. The van der Waals surface area contributed by atoms with Gasteiger partial charge in [0.15, 0.2) is 0 Å². The predicted molar refractivity (Wildman–Crippen MR) is 115 cm³/mol. The summed E-state index contributed by atoms with van der Waals surface area (Å²) in [5.41, 5.74) is 3.66. The number of benzene rings is 1. The molecule has 0 spiro atoms. The average Bonchev–Trinajstić information content (AvgIpc) is 3.04. The minimum Gasteiger partial charge on any atom is -0.461 e. The fourth-order valence-electron chi connectivity index (χ4n) is 3.95. The molecule has 0 aliphatic heterocycles. The second-order valence-electron chi connectivity index (χ2n) is 8.99. The Kier molecular flexibility index (Phi) is 6.11. The van der Waals surface area contributed by atoms with Gasteiger partial charge >= 0.3 is 0 Å². The second-order valence-corrected chi connectivity index (χ2v) is 8.99. The van der Waals surface area contributed by atoms with Gasteiger partial charge in [0.25, 0.3) is 0 Å². The van der Waals surface area contributed by atoms with Crippen LogP contribution in [0.15, 0.2) is 28.7 Å². The lowest BCUT2D eigenvalue weighted by molar-refractivity contribution is 0.518. The molecule has 4 heteroatoms. The quantitative estimate of drug-likeness (QED) is 0.422. The topological polar surface area (TPSA) is 26.0 Å². The van der Waals surface area contributed by atoms with Gasteiger partial charge in [0, 0.05) is 18.0 Å². The van der Waals surface area contributed by atoms with E-state index < -0.39 is 0 Å². The molecule has 0 saturated heterocycles. The Morgan fingerprint density at radius 2 is 1.59 bits per heavy atom. The number of pyridine rings is 1. The Bertz CT molecular complexity index is 1020. The summed E-state index contributed by atoms with van der Waals surface area (Å²) in [5.74, 6) is 0.648. The normalized spacial score (nSPS) is 13.2. The Hall–Kier alpha value is -2.23. The number of furan rings is 1. The predicted octanol–water partition coefficient (Wildman–Crippen LogP) is 7.82. The molecule has 0 amide bonds. The first kappa shape index (κ1) is 21.5. The van der Waals surface area contributed by atoms with E-state index in [4.69, 9.17) is 4.42 Å². The third-order valence-electron chi connectivity index (χ3n) is 5.54. The van der Waals surface area contributed by atoms with Crippen molar-refractivity contribution in [2.24, 2.45) is 0 Å². The average molecular weight is 400 g/mol. The lowest BCUT2D eigenvalue weighted by Crippen LogP contribution is -2.06. The third-order valence-corrected chi connectivity index (χ3v) is 5.54. The monoisotopic (exact) mass is 399 g/mol. The van der Waals surface area contributed by atoms with E-state index in [2.05, 4.69) is 18.8 Å². The number of hydrogen-bond acceptors (Lipinski definition) is 2. The second kappa shape index (κ2) is 8.25. The molecule has 3 rings (SSSR count). The number of aromatic nitrogens is 1. The Balaban J connectivity index is 1.97. The van der Waals surface area contributed by atoms with Gasteiger partial charge in [-0.25, -0.2) is 8.78 Å². The minimum atomic E-state index is -0.274. The van der Waals surface area contributed by atoms with Crippen LogP contribution >= 0.6 is 0 Å². The van der Waals surface area contributed by atoms with Crippen LogP contribution < -0.4 is 0 Å². The molecule has 2 aromatic heterocycles. The molecule has 1 unspecified atom stereocenters. The molecule has 2 nitrogen and oxygen atoms in total. The van der Waals surface area contributed by atoms with Crippen molar-refractivity contribution in [3.05, 3.63) is 64.2 Å². The fraction of sp³-hybridized carbons (Fsp3) is 0.480. The smallest absolute Gasteiger partial charge is 0.144 e. The number of rotatable bonds is 6. The largest absolute Gasteiger partial charge is 0.461 e. The van der Waals surface area contributed by atoms with Crippen LogP contribution in [-0.2, 0) is 6.42 Å². The molecule has 3 aromatic rings. The van der Waals surface area contributed by atoms with Gasteiger partial charge in [-0.2, -0.15) is 0 Å². The number of nitrogens with zero attached hydrogens (tertiary/aromatic N) is 1. The van der Waals surface area contributed by atoms with Crippen molar-refractivity contribution >= 4 is 11.0 Å². The zero-order chi connectivity index (χ0) is 21.5. The van der Waals surface area contributed by atoms with Crippen LogP contribution in [0.4, 0.5) is 8.78 Å². The van der Waals surface area contributed by atoms with Crippen LogP contribution in [0.25, 0.3) is 11.0 Å². The van der Waals surface area contributed by atoms with Gasteiger partial charge in [0.05, 0.1) is 11.1 Å². The van der Waals surface area contributed by atoms with Gasteiger partial charge in [0.2, 0.25) is 0 Å². The molecule has 1 aromatic carbocycles. The van der Waals surface area contributed by atoms with Crippen LogP contribution in [0.5, 0.6) is 0 Å². The van der Waals surface area contributed by atoms with Crippen molar-refractivity contribution in [1.82, 2.24) is 4.98 Å². The maximum absolute atomic E-state index is 15.3. The lowest BCUT2D eigenvalue weighted by Gasteiger charge is -2.17. The molecule has 156 valence electrons. The SMILES string of the molecule is CC(C)c1cc2oc(CC(C)c3ccc(F)c(C(C)C)n3)cc2c(F)c1C(C)C. The van der Waals surface area contributed by atoms with Crippen molar-refractivity contribution in [2.45, 2.75) is 78.6 Å². The van der Waals surface area contributed by atoms with Crippen LogP contribution in [0.1, 0.15) is 100 Å². The highest BCUT2D eigenvalue weighted by Crippen LogP contribution is 2.36. The van der Waals surface area contributed by atoms with E-state index in [1.54, 1.807) is 6.07 Å².